The van der Waals surface area contributed by atoms with Gasteiger partial charge in [0, 0.05) is 19.1 Å². The summed E-state index contributed by atoms with van der Waals surface area (Å²) >= 11 is 0. The van der Waals surface area contributed by atoms with E-state index in [0.717, 1.165) is 43.1 Å². The van der Waals surface area contributed by atoms with Crippen LogP contribution in [0.15, 0.2) is 6.20 Å². The molecule has 1 fully saturated rings. The van der Waals surface area contributed by atoms with E-state index < -0.39 is 0 Å². The van der Waals surface area contributed by atoms with Gasteiger partial charge in [0.05, 0.1) is 24.1 Å². The summed E-state index contributed by atoms with van der Waals surface area (Å²) in [6, 6.07) is 0.389. The summed E-state index contributed by atoms with van der Waals surface area (Å²) in [5.41, 5.74) is 7.11. The molecule has 0 saturated carbocycles. The molecule has 1 aliphatic rings. The molecule has 3 N–H and O–H groups in total. The number of hydrogen-bond donors (Lipinski definition) is 2. The molecule has 1 amide bonds. The molecular weight excluding hydrogens is 242 g/mol. The van der Waals surface area contributed by atoms with E-state index in [2.05, 4.69) is 20.2 Å². The van der Waals surface area contributed by atoms with Crippen molar-refractivity contribution in [3.63, 3.8) is 0 Å². The molecule has 1 saturated heterocycles. The number of nitrogens with one attached hydrogen (secondary N) is 1. The highest BCUT2D eigenvalue weighted by atomic mass is 16.1. The minimum atomic E-state index is -0.258. The maximum absolute atomic E-state index is 10.9. The molecule has 19 heavy (non-hydrogen) atoms. The number of piperidine rings is 1. The zero-order chi connectivity index (χ0) is 13.8. The van der Waals surface area contributed by atoms with Crippen molar-refractivity contribution < 1.29 is 4.79 Å². The molecular formula is C13H21N5O. The Morgan fingerprint density at radius 2 is 2.11 bits per heavy atom. The predicted molar refractivity (Wildman–Crippen MR) is 73.8 cm³/mol. The van der Waals surface area contributed by atoms with Crippen molar-refractivity contribution in [1.29, 1.82) is 0 Å². The van der Waals surface area contributed by atoms with E-state index in [1.54, 1.807) is 6.20 Å². The Balaban J connectivity index is 1.85. The molecule has 0 aliphatic carbocycles. The van der Waals surface area contributed by atoms with Crippen molar-refractivity contribution in [1.82, 2.24) is 14.9 Å². The van der Waals surface area contributed by atoms with Crippen LogP contribution in [0.5, 0.6) is 0 Å². The highest BCUT2D eigenvalue weighted by Crippen LogP contribution is 2.15. The topological polar surface area (TPSA) is 84.1 Å². The Kier molecular flexibility index (Phi) is 4.31. The zero-order valence-corrected chi connectivity index (χ0v) is 11.5. The van der Waals surface area contributed by atoms with Gasteiger partial charge in [-0.05, 0) is 26.7 Å². The summed E-state index contributed by atoms with van der Waals surface area (Å²) < 4.78 is 0. The molecule has 0 unspecified atom stereocenters. The van der Waals surface area contributed by atoms with Gasteiger partial charge in [-0.2, -0.15) is 0 Å². The van der Waals surface area contributed by atoms with Crippen LogP contribution in [0.2, 0.25) is 0 Å². The molecule has 0 radical (unpaired) electrons. The monoisotopic (exact) mass is 263 g/mol. The third-order valence-corrected chi connectivity index (χ3v) is 3.51. The molecule has 2 heterocycles. The Hall–Kier alpha value is -1.69. The predicted octanol–water partition coefficient (Wildman–Crippen LogP) is 0.455. The number of amides is 1. The van der Waals surface area contributed by atoms with Crippen molar-refractivity contribution in [2.75, 3.05) is 25.0 Å². The summed E-state index contributed by atoms with van der Waals surface area (Å²) in [5.74, 6) is 0.572. The van der Waals surface area contributed by atoms with Gasteiger partial charge in [-0.15, -0.1) is 0 Å². The van der Waals surface area contributed by atoms with Gasteiger partial charge in [0.1, 0.15) is 5.82 Å². The van der Waals surface area contributed by atoms with E-state index >= 15 is 0 Å². The number of likely N-dealkylation sites (tertiary alicyclic amines) is 1. The van der Waals surface area contributed by atoms with E-state index in [-0.39, 0.29) is 5.91 Å². The third kappa shape index (κ3) is 3.89. The maximum atomic E-state index is 10.9. The number of carbonyl (C=O) groups excluding carboxylic acids is 1. The fourth-order valence-corrected chi connectivity index (χ4v) is 2.28. The van der Waals surface area contributed by atoms with Gasteiger partial charge in [0.25, 0.3) is 0 Å². The smallest absolute Gasteiger partial charge is 0.231 e. The molecule has 1 aliphatic heterocycles. The average molecular weight is 263 g/mol. The minimum absolute atomic E-state index is 0.258. The van der Waals surface area contributed by atoms with Gasteiger partial charge in [0.2, 0.25) is 5.91 Å². The summed E-state index contributed by atoms with van der Waals surface area (Å²) in [5, 5.41) is 3.41. The lowest BCUT2D eigenvalue weighted by molar-refractivity contribution is -0.119. The zero-order valence-electron chi connectivity index (χ0n) is 11.5. The van der Waals surface area contributed by atoms with Gasteiger partial charge in [-0.25, -0.2) is 4.98 Å². The number of nitrogens with two attached hydrogens (primary N) is 1. The number of nitrogens with zero attached hydrogens (tertiary/aromatic N) is 3. The first kappa shape index (κ1) is 13.7. The molecule has 2 rings (SSSR count). The van der Waals surface area contributed by atoms with Crippen LogP contribution in [0.25, 0.3) is 0 Å². The first-order valence-electron chi connectivity index (χ1n) is 6.62. The number of primary amides is 1. The van der Waals surface area contributed by atoms with Crippen LogP contribution in [0, 0.1) is 13.8 Å². The summed E-state index contributed by atoms with van der Waals surface area (Å²) in [6.45, 7) is 6.05. The second-order valence-electron chi connectivity index (χ2n) is 5.09. The normalized spacial score (nSPS) is 17.4. The highest BCUT2D eigenvalue weighted by molar-refractivity contribution is 5.75. The van der Waals surface area contributed by atoms with E-state index in [1.807, 2.05) is 13.8 Å². The molecule has 1 aromatic rings. The van der Waals surface area contributed by atoms with Crippen molar-refractivity contribution in [2.45, 2.75) is 32.7 Å². The van der Waals surface area contributed by atoms with Gasteiger partial charge in [0.15, 0.2) is 0 Å². The number of hydrogen-bond acceptors (Lipinski definition) is 5. The SMILES string of the molecule is Cc1ncc(NC2CCN(CC(N)=O)CC2)nc1C. The van der Waals surface area contributed by atoms with Crippen molar-refractivity contribution >= 4 is 11.7 Å². The molecule has 0 spiro atoms. The number of carbonyl (C=O) groups is 1. The molecule has 0 atom stereocenters. The Morgan fingerprint density at radius 1 is 1.42 bits per heavy atom. The summed E-state index contributed by atoms with van der Waals surface area (Å²) in [4.78, 5) is 21.7. The van der Waals surface area contributed by atoms with Crippen molar-refractivity contribution in [3.05, 3.63) is 17.6 Å². The average Bonchev–Trinajstić information content (AvgIpc) is 2.36. The van der Waals surface area contributed by atoms with Gasteiger partial charge in [-0.1, -0.05) is 0 Å². The van der Waals surface area contributed by atoms with Crippen LogP contribution in [-0.4, -0.2) is 46.5 Å². The van der Waals surface area contributed by atoms with Crippen molar-refractivity contribution in [2.24, 2.45) is 5.73 Å². The van der Waals surface area contributed by atoms with Crippen LogP contribution in [0.1, 0.15) is 24.2 Å². The van der Waals surface area contributed by atoms with Gasteiger partial charge in [-0.3, -0.25) is 14.7 Å². The second kappa shape index (κ2) is 5.97. The van der Waals surface area contributed by atoms with Crippen molar-refractivity contribution in [3.8, 4) is 0 Å². The molecule has 0 aromatic carbocycles. The second-order valence-corrected chi connectivity index (χ2v) is 5.09. The largest absolute Gasteiger partial charge is 0.369 e. The third-order valence-electron chi connectivity index (χ3n) is 3.51. The Bertz CT molecular complexity index is 454. The lowest BCUT2D eigenvalue weighted by atomic mass is 10.1. The van der Waals surface area contributed by atoms with E-state index in [4.69, 9.17) is 5.73 Å². The summed E-state index contributed by atoms with van der Waals surface area (Å²) in [6.07, 6.45) is 3.75. The molecule has 0 bridgehead atoms. The Labute approximate surface area is 113 Å². The van der Waals surface area contributed by atoms with Gasteiger partial charge >= 0.3 is 0 Å². The highest BCUT2D eigenvalue weighted by Gasteiger charge is 2.20. The van der Waals surface area contributed by atoms with Crippen LogP contribution < -0.4 is 11.1 Å². The van der Waals surface area contributed by atoms with E-state index in [9.17, 15) is 4.79 Å². The standard InChI is InChI=1S/C13H21N5O/c1-9-10(2)16-13(7-15-9)17-11-3-5-18(6-4-11)8-12(14)19/h7,11H,3-6,8H2,1-2H3,(H2,14,19)(H,16,17). The molecule has 6 heteroatoms. The lowest BCUT2D eigenvalue weighted by Gasteiger charge is -2.31. The number of aromatic nitrogens is 2. The molecule has 6 nitrogen and oxygen atoms in total. The quantitative estimate of drug-likeness (QED) is 0.824. The number of anilines is 1. The molecule has 1 aromatic heterocycles. The molecule has 104 valence electrons. The number of aryl methyl sites for hydroxylation is 2. The maximum Gasteiger partial charge on any atom is 0.231 e. The fraction of sp³-hybridized carbons (Fsp3) is 0.615. The fourth-order valence-electron chi connectivity index (χ4n) is 2.28. The Morgan fingerprint density at radius 3 is 2.68 bits per heavy atom. The first-order valence-corrected chi connectivity index (χ1v) is 6.62. The van der Waals surface area contributed by atoms with E-state index in [0.29, 0.717) is 12.6 Å². The van der Waals surface area contributed by atoms with E-state index in [1.165, 1.54) is 0 Å². The van der Waals surface area contributed by atoms with Crippen LogP contribution in [0.4, 0.5) is 5.82 Å². The van der Waals surface area contributed by atoms with Gasteiger partial charge < -0.3 is 11.1 Å². The van der Waals surface area contributed by atoms with Crippen LogP contribution in [-0.2, 0) is 4.79 Å². The van der Waals surface area contributed by atoms with Crippen LogP contribution >= 0.6 is 0 Å². The summed E-state index contributed by atoms with van der Waals surface area (Å²) in [7, 11) is 0. The minimum Gasteiger partial charge on any atom is -0.369 e. The first-order chi connectivity index (χ1) is 9.04. The lowest BCUT2D eigenvalue weighted by Crippen LogP contribution is -2.43. The number of rotatable bonds is 4. The van der Waals surface area contributed by atoms with Crippen LogP contribution in [0.3, 0.4) is 0 Å².